The van der Waals surface area contributed by atoms with Crippen LogP contribution in [0.4, 0.5) is 27.1 Å². The van der Waals surface area contributed by atoms with Crippen LogP contribution >= 0.6 is 0 Å². The summed E-state index contributed by atoms with van der Waals surface area (Å²) in [6.07, 6.45) is 0.390. The number of nitrogens with zero attached hydrogens (tertiary/aromatic N) is 2. The number of amides is 1. The lowest BCUT2D eigenvalue weighted by molar-refractivity contribution is -0.121. The Bertz CT molecular complexity index is 939. The number of hydrogen-bond acceptors (Lipinski definition) is 5. The fourth-order valence-electron chi connectivity index (χ4n) is 3.97. The molecule has 29 heavy (non-hydrogen) atoms. The third-order valence-corrected chi connectivity index (χ3v) is 5.36. The summed E-state index contributed by atoms with van der Waals surface area (Å²) in [5, 5.41) is 3.27. The van der Waals surface area contributed by atoms with Gasteiger partial charge >= 0.3 is 0 Å². The van der Waals surface area contributed by atoms with E-state index in [1.54, 1.807) is 13.1 Å². The smallest absolute Gasteiger partial charge is 0.264 e. The molecule has 2 aromatic carbocycles. The summed E-state index contributed by atoms with van der Waals surface area (Å²) in [7, 11) is 1.55. The average Bonchev–Trinajstić information content (AvgIpc) is 2.65. The number of halogens is 1. The highest BCUT2D eigenvalue weighted by Gasteiger charge is 2.27. The van der Waals surface area contributed by atoms with Crippen molar-refractivity contribution >= 4 is 28.7 Å². The van der Waals surface area contributed by atoms with Crippen LogP contribution in [0.1, 0.15) is 19.4 Å². The van der Waals surface area contributed by atoms with Crippen LogP contribution < -0.4 is 19.9 Å². The molecule has 2 atom stereocenters. The van der Waals surface area contributed by atoms with Crippen molar-refractivity contribution in [2.75, 3.05) is 41.9 Å². The zero-order valence-corrected chi connectivity index (χ0v) is 17.2. The number of nitrogens with one attached hydrogen (secondary N) is 1. The first-order valence-corrected chi connectivity index (χ1v) is 9.83. The van der Waals surface area contributed by atoms with Crippen LogP contribution in [-0.4, -0.2) is 44.9 Å². The number of likely N-dealkylation sites (N-methyl/N-ethyl adjacent to an activating group) is 1. The Morgan fingerprint density at radius 3 is 2.55 bits per heavy atom. The summed E-state index contributed by atoms with van der Waals surface area (Å²) in [4.78, 5) is 15.4. The summed E-state index contributed by atoms with van der Waals surface area (Å²) >= 11 is 0. The zero-order chi connectivity index (χ0) is 20.7. The molecule has 154 valence electrons. The predicted molar refractivity (Wildman–Crippen MR) is 112 cm³/mol. The van der Waals surface area contributed by atoms with Gasteiger partial charge < -0.3 is 24.6 Å². The van der Waals surface area contributed by atoms with Crippen molar-refractivity contribution < 1.29 is 18.7 Å². The highest BCUT2D eigenvalue weighted by atomic mass is 19.1. The highest BCUT2D eigenvalue weighted by molar-refractivity contribution is 5.98. The molecule has 0 aliphatic carbocycles. The lowest BCUT2D eigenvalue weighted by Gasteiger charge is -2.37. The topological polar surface area (TPSA) is 54.0 Å². The van der Waals surface area contributed by atoms with E-state index in [0.29, 0.717) is 11.4 Å². The van der Waals surface area contributed by atoms with E-state index in [9.17, 15) is 9.18 Å². The second-order valence-corrected chi connectivity index (χ2v) is 7.83. The van der Waals surface area contributed by atoms with E-state index in [0.717, 1.165) is 30.0 Å². The van der Waals surface area contributed by atoms with Gasteiger partial charge in [-0.1, -0.05) is 0 Å². The van der Waals surface area contributed by atoms with Crippen molar-refractivity contribution in [2.24, 2.45) is 0 Å². The number of anilines is 4. The molecular formula is C22H26FN3O3. The first-order chi connectivity index (χ1) is 13.8. The number of rotatable bonds is 3. The minimum atomic E-state index is -0.494. The van der Waals surface area contributed by atoms with Gasteiger partial charge in [0.15, 0.2) is 12.4 Å². The Morgan fingerprint density at radius 1 is 1.14 bits per heavy atom. The van der Waals surface area contributed by atoms with Gasteiger partial charge in [0.2, 0.25) is 0 Å². The van der Waals surface area contributed by atoms with Crippen LogP contribution in [-0.2, 0) is 9.53 Å². The molecule has 0 bridgehead atoms. The maximum Gasteiger partial charge on any atom is 0.264 e. The SMILES string of the molecule is Cc1cc(N2CC(C)OC(C)C2)ccc1Nc1cc(F)c2c(c1)OCC(=O)N2C. The van der Waals surface area contributed by atoms with Gasteiger partial charge in [-0.15, -0.1) is 0 Å². The van der Waals surface area contributed by atoms with Crippen molar-refractivity contribution in [3.05, 3.63) is 41.7 Å². The maximum absolute atomic E-state index is 14.6. The van der Waals surface area contributed by atoms with Crippen LogP contribution in [0, 0.1) is 12.7 Å². The summed E-state index contributed by atoms with van der Waals surface area (Å²) < 4.78 is 25.8. The van der Waals surface area contributed by atoms with Gasteiger partial charge in [-0.25, -0.2) is 4.39 Å². The molecule has 2 aromatic rings. The van der Waals surface area contributed by atoms with Gasteiger partial charge in [-0.3, -0.25) is 4.79 Å². The number of ether oxygens (including phenoxy) is 2. The molecule has 6 nitrogen and oxygen atoms in total. The molecule has 2 aliphatic heterocycles. The lowest BCUT2D eigenvalue weighted by Crippen LogP contribution is -2.45. The summed E-state index contributed by atoms with van der Waals surface area (Å²) in [5.74, 6) is -0.401. The van der Waals surface area contributed by atoms with Gasteiger partial charge in [0.25, 0.3) is 5.91 Å². The van der Waals surface area contributed by atoms with E-state index in [2.05, 4.69) is 36.2 Å². The van der Waals surface area contributed by atoms with Crippen LogP contribution in [0.2, 0.25) is 0 Å². The first kappa shape index (κ1) is 19.5. The molecule has 1 N–H and O–H groups in total. The Labute approximate surface area is 170 Å². The van der Waals surface area contributed by atoms with Crippen molar-refractivity contribution in [3.63, 3.8) is 0 Å². The minimum absolute atomic E-state index is 0.0868. The molecule has 0 spiro atoms. The fraction of sp³-hybridized carbons (Fsp3) is 0.409. The summed E-state index contributed by atoms with van der Waals surface area (Å²) in [5.41, 5.74) is 3.85. The Morgan fingerprint density at radius 2 is 1.86 bits per heavy atom. The van der Waals surface area contributed by atoms with Crippen molar-refractivity contribution in [3.8, 4) is 5.75 Å². The van der Waals surface area contributed by atoms with Crippen LogP contribution in [0.5, 0.6) is 5.75 Å². The molecule has 2 heterocycles. The molecule has 1 fully saturated rings. The standard InChI is InChI=1S/C22H26FN3O3/c1-13-7-17(26-10-14(2)29-15(3)11-26)5-6-19(13)24-16-8-18(23)22-20(9-16)28-12-21(27)25(22)4/h5-9,14-15,24H,10-12H2,1-4H3. The molecule has 1 amide bonds. The molecule has 2 aliphatic rings. The second kappa shape index (κ2) is 7.55. The number of carbonyl (C=O) groups excluding carboxylic acids is 1. The molecule has 7 heteroatoms. The zero-order valence-electron chi connectivity index (χ0n) is 17.2. The first-order valence-electron chi connectivity index (χ1n) is 9.83. The molecule has 2 unspecified atom stereocenters. The number of aryl methyl sites for hydroxylation is 1. The number of morpholine rings is 1. The van der Waals surface area contributed by atoms with Crippen LogP contribution in [0.3, 0.4) is 0 Å². The monoisotopic (exact) mass is 399 g/mol. The van der Waals surface area contributed by atoms with Crippen molar-refractivity contribution in [2.45, 2.75) is 33.0 Å². The number of benzene rings is 2. The Kier molecular flexibility index (Phi) is 5.08. The third-order valence-electron chi connectivity index (χ3n) is 5.36. The van der Waals surface area contributed by atoms with Crippen molar-refractivity contribution in [1.82, 2.24) is 0 Å². The number of hydrogen-bond donors (Lipinski definition) is 1. The molecule has 0 aromatic heterocycles. The van der Waals surface area contributed by atoms with Gasteiger partial charge in [0.1, 0.15) is 11.4 Å². The van der Waals surface area contributed by atoms with Gasteiger partial charge in [-0.2, -0.15) is 0 Å². The largest absolute Gasteiger partial charge is 0.481 e. The molecule has 1 saturated heterocycles. The van der Waals surface area contributed by atoms with E-state index in [-0.39, 0.29) is 30.4 Å². The van der Waals surface area contributed by atoms with E-state index in [4.69, 9.17) is 9.47 Å². The van der Waals surface area contributed by atoms with E-state index >= 15 is 0 Å². The van der Waals surface area contributed by atoms with Gasteiger partial charge in [0, 0.05) is 43.3 Å². The average molecular weight is 399 g/mol. The minimum Gasteiger partial charge on any atom is -0.481 e. The van der Waals surface area contributed by atoms with Crippen LogP contribution in [0.15, 0.2) is 30.3 Å². The Balaban J connectivity index is 1.56. The number of carbonyl (C=O) groups is 1. The normalized spacial score (nSPS) is 21.6. The predicted octanol–water partition coefficient (Wildman–Crippen LogP) is 3.85. The van der Waals surface area contributed by atoms with Crippen molar-refractivity contribution in [1.29, 1.82) is 0 Å². The summed E-state index contributed by atoms with van der Waals surface area (Å²) in [6, 6.07) is 9.31. The Hall–Kier alpha value is -2.80. The molecular weight excluding hydrogens is 373 g/mol. The van der Waals surface area contributed by atoms with Gasteiger partial charge in [0.05, 0.1) is 12.2 Å². The van der Waals surface area contributed by atoms with E-state index < -0.39 is 5.82 Å². The second-order valence-electron chi connectivity index (χ2n) is 7.83. The molecule has 0 radical (unpaired) electrons. The van der Waals surface area contributed by atoms with Gasteiger partial charge in [-0.05, 0) is 50.6 Å². The molecule has 0 saturated carbocycles. The van der Waals surface area contributed by atoms with E-state index in [1.165, 1.54) is 11.0 Å². The quantitative estimate of drug-likeness (QED) is 0.850. The third kappa shape index (κ3) is 3.87. The van der Waals surface area contributed by atoms with E-state index in [1.807, 2.05) is 13.0 Å². The lowest BCUT2D eigenvalue weighted by atomic mass is 10.1. The number of fused-ring (bicyclic) bond motifs is 1. The fourth-order valence-corrected chi connectivity index (χ4v) is 3.97. The maximum atomic E-state index is 14.6. The molecule has 4 rings (SSSR count). The van der Waals surface area contributed by atoms with Crippen LogP contribution in [0.25, 0.3) is 0 Å². The summed E-state index contributed by atoms with van der Waals surface area (Å²) in [6.45, 7) is 7.83. The highest BCUT2D eigenvalue weighted by Crippen LogP contribution is 2.38.